The van der Waals surface area contributed by atoms with E-state index in [1.165, 1.54) is 0 Å². The Morgan fingerprint density at radius 2 is 2.27 bits per heavy atom. The largest absolute Gasteiger partial charge is 0.478 e. The molecule has 1 heterocycles. The summed E-state index contributed by atoms with van der Waals surface area (Å²) < 4.78 is 9.44. The standard InChI is InChI=1S/C9H10O6/c10-7(11)2-4-8(12)14-5-6-1-3-9(13)15-6/h2,4,6H,1,3,5H2,(H,10,11)/b4-2+. The molecule has 0 aliphatic carbocycles. The van der Waals surface area contributed by atoms with E-state index in [9.17, 15) is 14.4 Å². The fraction of sp³-hybridized carbons (Fsp3) is 0.444. The number of esters is 2. The molecule has 1 N–H and O–H groups in total. The molecule has 1 fully saturated rings. The molecule has 0 bridgehead atoms. The highest BCUT2D eigenvalue weighted by Gasteiger charge is 2.24. The second kappa shape index (κ2) is 5.14. The van der Waals surface area contributed by atoms with Gasteiger partial charge in [0.1, 0.15) is 12.7 Å². The first kappa shape index (κ1) is 11.2. The van der Waals surface area contributed by atoms with Crippen LogP contribution in [0, 0.1) is 0 Å². The molecule has 0 aromatic rings. The Balaban J connectivity index is 2.22. The highest BCUT2D eigenvalue weighted by molar-refractivity contribution is 5.90. The molecule has 1 unspecified atom stereocenters. The lowest BCUT2D eigenvalue weighted by Crippen LogP contribution is -2.17. The van der Waals surface area contributed by atoms with Crippen LogP contribution in [0.5, 0.6) is 0 Å². The van der Waals surface area contributed by atoms with Gasteiger partial charge in [-0.3, -0.25) is 4.79 Å². The average Bonchev–Trinajstić information content (AvgIpc) is 2.58. The van der Waals surface area contributed by atoms with Gasteiger partial charge >= 0.3 is 17.9 Å². The number of cyclic esters (lactones) is 1. The van der Waals surface area contributed by atoms with Crippen LogP contribution in [0.25, 0.3) is 0 Å². The molecule has 1 aliphatic heterocycles. The Morgan fingerprint density at radius 3 is 2.80 bits per heavy atom. The Hall–Kier alpha value is -1.85. The van der Waals surface area contributed by atoms with Crippen molar-refractivity contribution in [2.24, 2.45) is 0 Å². The molecule has 1 rings (SSSR count). The van der Waals surface area contributed by atoms with Crippen molar-refractivity contribution in [3.05, 3.63) is 12.2 Å². The van der Waals surface area contributed by atoms with Crippen molar-refractivity contribution in [1.82, 2.24) is 0 Å². The second-order valence-electron chi connectivity index (χ2n) is 2.95. The molecule has 82 valence electrons. The Labute approximate surface area is 85.5 Å². The lowest BCUT2D eigenvalue weighted by atomic mass is 10.2. The van der Waals surface area contributed by atoms with Crippen LogP contribution in [-0.4, -0.2) is 35.7 Å². The van der Waals surface area contributed by atoms with Crippen molar-refractivity contribution < 1.29 is 29.0 Å². The third-order valence-electron chi connectivity index (χ3n) is 1.74. The van der Waals surface area contributed by atoms with E-state index in [1.54, 1.807) is 0 Å². The van der Waals surface area contributed by atoms with E-state index in [-0.39, 0.29) is 12.6 Å². The maximum atomic E-state index is 10.9. The molecule has 1 saturated heterocycles. The molecule has 6 nitrogen and oxygen atoms in total. The molecule has 0 amide bonds. The molecule has 0 aromatic carbocycles. The van der Waals surface area contributed by atoms with Crippen molar-refractivity contribution in [3.8, 4) is 0 Å². The number of aliphatic carboxylic acids is 1. The third-order valence-corrected chi connectivity index (χ3v) is 1.74. The van der Waals surface area contributed by atoms with Crippen LogP contribution in [0.3, 0.4) is 0 Å². The smallest absolute Gasteiger partial charge is 0.331 e. The van der Waals surface area contributed by atoms with Crippen LogP contribution in [-0.2, 0) is 23.9 Å². The molecular formula is C9H10O6. The normalized spacial score (nSPS) is 20.3. The molecule has 0 saturated carbocycles. The number of hydrogen-bond donors (Lipinski definition) is 1. The summed E-state index contributed by atoms with van der Waals surface area (Å²) in [7, 11) is 0. The lowest BCUT2D eigenvalue weighted by Gasteiger charge is -2.07. The van der Waals surface area contributed by atoms with Gasteiger partial charge in [-0.25, -0.2) is 9.59 Å². The summed E-state index contributed by atoms with van der Waals surface area (Å²) in [4.78, 5) is 31.6. The first-order valence-corrected chi connectivity index (χ1v) is 4.35. The molecule has 0 radical (unpaired) electrons. The highest BCUT2D eigenvalue weighted by atomic mass is 16.6. The Kier molecular flexibility index (Phi) is 3.84. The average molecular weight is 214 g/mol. The van der Waals surface area contributed by atoms with Crippen molar-refractivity contribution in [1.29, 1.82) is 0 Å². The monoisotopic (exact) mass is 214 g/mol. The van der Waals surface area contributed by atoms with Crippen LogP contribution in [0.2, 0.25) is 0 Å². The van der Waals surface area contributed by atoms with Gasteiger partial charge < -0.3 is 14.6 Å². The summed E-state index contributed by atoms with van der Waals surface area (Å²) in [6.45, 7) is -0.0332. The summed E-state index contributed by atoms with van der Waals surface area (Å²) >= 11 is 0. The zero-order valence-corrected chi connectivity index (χ0v) is 7.84. The minimum Gasteiger partial charge on any atom is -0.478 e. The fourth-order valence-corrected chi connectivity index (χ4v) is 1.06. The van der Waals surface area contributed by atoms with Crippen molar-refractivity contribution in [2.45, 2.75) is 18.9 Å². The Morgan fingerprint density at radius 1 is 1.53 bits per heavy atom. The van der Waals surface area contributed by atoms with Gasteiger partial charge in [-0.05, 0) is 6.42 Å². The number of carboxylic acids is 1. The SMILES string of the molecule is O=C(O)/C=C/C(=O)OCC1CCC(=O)O1. The number of carboxylic acid groups (broad SMARTS) is 1. The van der Waals surface area contributed by atoms with Crippen LogP contribution in [0.4, 0.5) is 0 Å². The molecule has 1 atom stereocenters. The van der Waals surface area contributed by atoms with Gasteiger partial charge in [0.05, 0.1) is 0 Å². The van der Waals surface area contributed by atoms with E-state index >= 15 is 0 Å². The number of carbonyl (C=O) groups is 3. The van der Waals surface area contributed by atoms with Gasteiger partial charge in [0.15, 0.2) is 0 Å². The molecule has 1 aliphatic rings. The van der Waals surface area contributed by atoms with E-state index < -0.39 is 18.0 Å². The second-order valence-corrected chi connectivity index (χ2v) is 2.95. The summed E-state index contributed by atoms with van der Waals surface area (Å²) in [5.74, 6) is -2.29. The van der Waals surface area contributed by atoms with Gasteiger partial charge in [0.25, 0.3) is 0 Å². The van der Waals surface area contributed by atoms with E-state index in [4.69, 9.17) is 9.84 Å². The van der Waals surface area contributed by atoms with E-state index in [2.05, 4.69) is 4.74 Å². The first-order chi connectivity index (χ1) is 7.08. The predicted octanol–water partition coefficient (Wildman–Crippen LogP) is -0.124. The van der Waals surface area contributed by atoms with Crippen LogP contribution in [0.15, 0.2) is 12.2 Å². The van der Waals surface area contributed by atoms with Crippen LogP contribution < -0.4 is 0 Å². The number of hydrogen-bond acceptors (Lipinski definition) is 5. The van der Waals surface area contributed by atoms with E-state index in [0.29, 0.717) is 18.9 Å². The van der Waals surface area contributed by atoms with Gasteiger partial charge in [0.2, 0.25) is 0 Å². The van der Waals surface area contributed by atoms with E-state index in [0.717, 1.165) is 6.08 Å². The maximum absolute atomic E-state index is 10.9. The third kappa shape index (κ3) is 4.26. The molecule has 15 heavy (non-hydrogen) atoms. The number of ether oxygens (including phenoxy) is 2. The minimum atomic E-state index is -1.22. The van der Waals surface area contributed by atoms with Crippen molar-refractivity contribution in [2.75, 3.05) is 6.61 Å². The van der Waals surface area contributed by atoms with Gasteiger partial charge in [-0.15, -0.1) is 0 Å². The van der Waals surface area contributed by atoms with Gasteiger partial charge in [0, 0.05) is 18.6 Å². The molecule has 0 spiro atoms. The van der Waals surface area contributed by atoms with Gasteiger partial charge in [-0.1, -0.05) is 0 Å². The highest BCUT2D eigenvalue weighted by Crippen LogP contribution is 2.13. The topological polar surface area (TPSA) is 89.9 Å². The maximum Gasteiger partial charge on any atom is 0.331 e. The fourth-order valence-electron chi connectivity index (χ4n) is 1.06. The Bertz CT molecular complexity index is 306. The molecule has 6 heteroatoms. The van der Waals surface area contributed by atoms with Gasteiger partial charge in [-0.2, -0.15) is 0 Å². The minimum absolute atomic E-state index is 0.0332. The first-order valence-electron chi connectivity index (χ1n) is 4.35. The summed E-state index contributed by atoms with van der Waals surface area (Å²) in [6, 6.07) is 0. The van der Waals surface area contributed by atoms with Crippen LogP contribution in [0.1, 0.15) is 12.8 Å². The van der Waals surface area contributed by atoms with Crippen molar-refractivity contribution >= 4 is 17.9 Å². The quantitative estimate of drug-likeness (QED) is 0.518. The zero-order valence-electron chi connectivity index (χ0n) is 7.84. The summed E-state index contributed by atoms with van der Waals surface area (Å²) in [5.41, 5.74) is 0. The predicted molar refractivity (Wildman–Crippen MR) is 46.8 cm³/mol. The van der Waals surface area contributed by atoms with Crippen LogP contribution >= 0.6 is 0 Å². The summed E-state index contributed by atoms with van der Waals surface area (Å²) in [6.07, 6.45) is 1.93. The molecular weight excluding hydrogens is 204 g/mol. The van der Waals surface area contributed by atoms with Crippen molar-refractivity contribution in [3.63, 3.8) is 0 Å². The summed E-state index contributed by atoms with van der Waals surface area (Å²) in [5, 5.41) is 8.21. The molecule has 0 aromatic heterocycles. The lowest BCUT2D eigenvalue weighted by molar-refractivity contribution is -0.149. The number of rotatable bonds is 4. The number of carbonyl (C=O) groups excluding carboxylic acids is 2. The van der Waals surface area contributed by atoms with E-state index in [1.807, 2.05) is 0 Å². The zero-order chi connectivity index (χ0) is 11.3.